The summed E-state index contributed by atoms with van der Waals surface area (Å²) in [5.41, 5.74) is 2.70. The number of hydrogen-bond acceptors (Lipinski definition) is 3. The molecule has 0 amide bonds. The average Bonchev–Trinajstić information content (AvgIpc) is 2.91. The van der Waals surface area contributed by atoms with Gasteiger partial charge in [-0.3, -0.25) is 0 Å². The third-order valence-corrected chi connectivity index (χ3v) is 6.26. The molecule has 1 heterocycles. The molecule has 0 atom stereocenters. The fraction of sp³-hybridized carbons (Fsp3) is 0.400. The van der Waals surface area contributed by atoms with E-state index in [0.717, 1.165) is 34.9 Å². The Morgan fingerprint density at radius 2 is 1.84 bits per heavy atom. The number of nitrogens with zero attached hydrogens (tertiary/aromatic N) is 1. The van der Waals surface area contributed by atoms with Crippen LogP contribution in [-0.4, -0.2) is 28.8 Å². The van der Waals surface area contributed by atoms with Crippen molar-refractivity contribution in [2.24, 2.45) is 0 Å². The highest BCUT2D eigenvalue weighted by Crippen LogP contribution is 2.31. The van der Waals surface area contributed by atoms with E-state index in [2.05, 4.69) is 5.32 Å². The lowest BCUT2D eigenvalue weighted by Crippen LogP contribution is -2.28. The van der Waals surface area contributed by atoms with Crippen molar-refractivity contribution in [3.63, 3.8) is 0 Å². The number of aromatic carboxylic acids is 1. The molecule has 1 fully saturated rings. The fourth-order valence-corrected chi connectivity index (χ4v) is 4.62. The lowest BCUT2D eigenvalue weighted by Gasteiger charge is -2.16. The van der Waals surface area contributed by atoms with E-state index in [1.165, 1.54) is 37.8 Å². The molecule has 164 valence electrons. The van der Waals surface area contributed by atoms with E-state index in [0.29, 0.717) is 24.9 Å². The van der Waals surface area contributed by atoms with Crippen LogP contribution in [0.3, 0.4) is 0 Å². The van der Waals surface area contributed by atoms with Crippen LogP contribution in [0.15, 0.2) is 42.5 Å². The van der Waals surface area contributed by atoms with Gasteiger partial charge in [-0.05, 0) is 42.7 Å². The van der Waals surface area contributed by atoms with Crippen molar-refractivity contribution in [2.75, 3.05) is 7.11 Å². The van der Waals surface area contributed by atoms with Gasteiger partial charge in [0.1, 0.15) is 17.3 Å². The van der Waals surface area contributed by atoms with Gasteiger partial charge in [0.2, 0.25) is 0 Å². The largest absolute Gasteiger partial charge is 0.497 e. The number of fused-ring (bicyclic) bond motifs is 1. The molecule has 0 spiro atoms. The van der Waals surface area contributed by atoms with E-state index >= 15 is 0 Å². The van der Waals surface area contributed by atoms with E-state index in [-0.39, 0.29) is 11.5 Å². The molecule has 6 heteroatoms. The molecule has 0 unspecified atom stereocenters. The summed E-state index contributed by atoms with van der Waals surface area (Å²) in [7, 11) is 1.60. The molecular formula is C25H29FN2O3. The summed E-state index contributed by atoms with van der Waals surface area (Å²) < 4.78 is 20.6. The Balaban J connectivity index is 1.75. The average molecular weight is 425 g/mol. The molecule has 2 N–H and O–H groups in total. The third-order valence-electron chi connectivity index (χ3n) is 6.26. The highest BCUT2D eigenvalue weighted by atomic mass is 19.1. The van der Waals surface area contributed by atoms with Gasteiger partial charge in [0.05, 0.1) is 12.6 Å². The molecule has 31 heavy (non-hydrogen) atoms. The number of benzene rings is 2. The number of methoxy groups -OCH3 is 1. The number of aromatic nitrogens is 1. The van der Waals surface area contributed by atoms with Crippen LogP contribution in [-0.2, 0) is 13.1 Å². The van der Waals surface area contributed by atoms with Crippen LogP contribution >= 0.6 is 0 Å². The summed E-state index contributed by atoms with van der Waals surface area (Å²) in [6.45, 7) is 0.848. The van der Waals surface area contributed by atoms with Crippen molar-refractivity contribution in [3.8, 4) is 5.75 Å². The predicted octanol–water partition coefficient (Wildman–Crippen LogP) is 5.35. The minimum absolute atomic E-state index is 0.272. The topological polar surface area (TPSA) is 63.5 Å². The lowest BCUT2D eigenvalue weighted by molar-refractivity contribution is 0.0684. The first kappa shape index (κ1) is 21.4. The molecule has 3 aromatic rings. The highest BCUT2D eigenvalue weighted by Gasteiger charge is 2.24. The Labute approximate surface area is 181 Å². The Hall–Kier alpha value is -2.86. The molecule has 1 aliphatic rings. The standard InChI is InChI=1S/C25H29FN2O3/c1-31-20-12-13-21-22(15-27-19-6-4-2-3-5-7-19)24(25(29)30)28(23(21)14-20)16-17-8-10-18(26)11-9-17/h8-14,19,27H,2-7,15-16H2,1H3,(H,29,30). The van der Waals surface area contributed by atoms with Crippen molar-refractivity contribution < 1.29 is 19.0 Å². The first-order chi connectivity index (χ1) is 15.1. The smallest absolute Gasteiger partial charge is 0.352 e. The first-order valence-corrected chi connectivity index (χ1v) is 11.0. The molecule has 1 saturated carbocycles. The van der Waals surface area contributed by atoms with Gasteiger partial charge in [-0.25, -0.2) is 9.18 Å². The van der Waals surface area contributed by atoms with Crippen LogP contribution in [0, 0.1) is 5.82 Å². The van der Waals surface area contributed by atoms with Gasteiger partial charge in [-0.2, -0.15) is 0 Å². The molecule has 0 aliphatic heterocycles. The number of hydrogen-bond donors (Lipinski definition) is 2. The number of carbonyl (C=O) groups is 1. The second-order valence-corrected chi connectivity index (χ2v) is 8.30. The molecular weight excluding hydrogens is 395 g/mol. The van der Waals surface area contributed by atoms with E-state index in [1.54, 1.807) is 23.8 Å². The summed E-state index contributed by atoms with van der Waals surface area (Å²) in [5.74, 6) is -0.602. The number of carboxylic acid groups (broad SMARTS) is 1. The van der Waals surface area contributed by atoms with Crippen LogP contribution in [0.1, 0.15) is 60.1 Å². The van der Waals surface area contributed by atoms with Gasteiger partial charge in [0, 0.05) is 36.1 Å². The molecule has 0 bridgehead atoms. The summed E-state index contributed by atoms with van der Waals surface area (Å²) in [5, 5.41) is 14.7. The quantitative estimate of drug-likeness (QED) is 0.502. The maximum atomic E-state index is 13.4. The molecule has 4 rings (SSSR count). The van der Waals surface area contributed by atoms with E-state index < -0.39 is 5.97 Å². The zero-order valence-corrected chi connectivity index (χ0v) is 17.9. The summed E-state index contributed by atoms with van der Waals surface area (Å²) in [6.07, 6.45) is 7.24. The Kier molecular flexibility index (Phi) is 6.56. The van der Waals surface area contributed by atoms with Crippen molar-refractivity contribution >= 4 is 16.9 Å². The van der Waals surface area contributed by atoms with Crippen LogP contribution in [0.4, 0.5) is 4.39 Å². The van der Waals surface area contributed by atoms with Crippen molar-refractivity contribution in [2.45, 2.75) is 57.7 Å². The normalized spacial score (nSPS) is 15.2. The van der Waals surface area contributed by atoms with Crippen LogP contribution in [0.25, 0.3) is 10.9 Å². The van der Waals surface area contributed by atoms with Gasteiger partial charge >= 0.3 is 5.97 Å². The number of ether oxygens (including phenoxy) is 1. The van der Waals surface area contributed by atoms with Crippen molar-refractivity contribution in [3.05, 3.63) is 65.1 Å². The SMILES string of the molecule is COc1ccc2c(CNC3CCCCCC3)c(C(=O)O)n(Cc3ccc(F)cc3)c2c1. The second-order valence-electron chi connectivity index (χ2n) is 8.30. The number of halogens is 1. The maximum absolute atomic E-state index is 13.4. The maximum Gasteiger partial charge on any atom is 0.352 e. The van der Waals surface area contributed by atoms with E-state index in [4.69, 9.17) is 4.74 Å². The van der Waals surface area contributed by atoms with Crippen molar-refractivity contribution in [1.82, 2.24) is 9.88 Å². The molecule has 5 nitrogen and oxygen atoms in total. The van der Waals surface area contributed by atoms with Crippen molar-refractivity contribution in [1.29, 1.82) is 0 Å². The Bertz CT molecular complexity index is 1050. The van der Waals surface area contributed by atoms with Gasteiger partial charge < -0.3 is 19.7 Å². The van der Waals surface area contributed by atoms with Crippen LogP contribution in [0.5, 0.6) is 5.75 Å². The summed E-state index contributed by atoms with van der Waals surface area (Å²) in [6, 6.07) is 12.3. The minimum atomic E-state index is -0.963. The fourth-order valence-electron chi connectivity index (χ4n) is 4.62. The Morgan fingerprint density at radius 1 is 1.13 bits per heavy atom. The molecule has 0 radical (unpaired) electrons. The van der Waals surface area contributed by atoms with Gasteiger partial charge in [0.15, 0.2) is 0 Å². The zero-order chi connectivity index (χ0) is 21.8. The number of rotatable bonds is 7. The van der Waals surface area contributed by atoms with Gasteiger partial charge in [-0.1, -0.05) is 37.8 Å². The molecule has 1 aliphatic carbocycles. The molecule has 2 aromatic carbocycles. The first-order valence-electron chi connectivity index (χ1n) is 11.0. The van der Waals surface area contributed by atoms with E-state index in [9.17, 15) is 14.3 Å². The highest BCUT2D eigenvalue weighted by molar-refractivity contribution is 5.98. The van der Waals surface area contributed by atoms with E-state index in [1.807, 2.05) is 18.2 Å². The third kappa shape index (κ3) is 4.74. The lowest BCUT2D eigenvalue weighted by atomic mass is 10.1. The zero-order valence-electron chi connectivity index (χ0n) is 17.9. The van der Waals surface area contributed by atoms with Gasteiger partial charge in [-0.15, -0.1) is 0 Å². The van der Waals surface area contributed by atoms with Gasteiger partial charge in [0.25, 0.3) is 0 Å². The number of nitrogens with one attached hydrogen (secondary N) is 1. The van der Waals surface area contributed by atoms with Crippen LogP contribution in [0.2, 0.25) is 0 Å². The predicted molar refractivity (Wildman–Crippen MR) is 119 cm³/mol. The molecule has 1 aromatic heterocycles. The number of carboxylic acids is 1. The van der Waals surface area contributed by atoms with Crippen LogP contribution < -0.4 is 10.1 Å². The Morgan fingerprint density at radius 3 is 2.48 bits per heavy atom. The summed E-state index contributed by atoms with van der Waals surface area (Å²) in [4.78, 5) is 12.4. The summed E-state index contributed by atoms with van der Waals surface area (Å²) >= 11 is 0. The second kappa shape index (κ2) is 9.52. The minimum Gasteiger partial charge on any atom is -0.497 e. The monoisotopic (exact) mass is 424 g/mol. The molecule has 0 saturated heterocycles.